The summed E-state index contributed by atoms with van der Waals surface area (Å²) in [5.74, 6) is -0.397. The molecule has 0 spiro atoms. The molecule has 0 saturated heterocycles. The zero-order chi connectivity index (χ0) is 18.5. The first kappa shape index (κ1) is 17.7. The van der Waals surface area contributed by atoms with Gasteiger partial charge in [-0.3, -0.25) is 9.59 Å². The zero-order valence-electron chi connectivity index (χ0n) is 15.1. The van der Waals surface area contributed by atoms with E-state index in [9.17, 15) is 9.59 Å². The maximum atomic E-state index is 12.2. The second-order valence-electron chi connectivity index (χ2n) is 6.32. The lowest BCUT2D eigenvalue weighted by molar-refractivity contribution is -0.123. The molecule has 0 saturated carbocycles. The molecule has 0 unspecified atom stereocenters. The average Bonchev–Trinajstić information content (AvgIpc) is 3.05. The fraction of sp³-hybridized carbons (Fsp3) is 0.238. The third kappa shape index (κ3) is 3.94. The molecule has 3 rings (SSSR count). The topological polar surface area (TPSA) is 74.0 Å². The fourth-order valence-electron chi connectivity index (χ4n) is 3.08. The van der Waals surface area contributed by atoms with Crippen LogP contribution in [-0.4, -0.2) is 23.3 Å². The average molecular weight is 349 g/mol. The van der Waals surface area contributed by atoms with E-state index in [-0.39, 0.29) is 24.8 Å². The summed E-state index contributed by atoms with van der Waals surface area (Å²) < 4.78 is 0. The van der Waals surface area contributed by atoms with E-state index in [0.29, 0.717) is 0 Å². The lowest BCUT2D eigenvalue weighted by Crippen LogP contribution is -2.34. The molecule has 0 atom stereocenters. The molecule has 5 nitrogen and oxygen atoms in total. The van der Waals surface area contributed by atoms with E-state index < -0.39 is 0 Å². The van der Waals surface area contributed by atoms with Crippen LogP contribution < -0.4 is 10.6 Å². The molecule has 5 heteroatoms. The Balaban J connectivity index is 1.57. The van der Waals surface area contributed by atoms with Crippen LogP contribution in [0.4, 0.5) is 5.69 Å². The van der Waals surface area contributed by atoms with Crippen molar-refractivity contribution in [2.24, 2.45) is 0 Å². The Labute approximate surface area is 152 Å². The van der Waals surface area contributed by atoms with Crippen LogP contribution in [0.2, 0.25) is 0 Å². The number of nitrogens with one attached hydrogen (secondary N) is 3. The summed E-state index contributed by atoms with van der Waals surface area (Å²) in [7, 11) is 0. The van der Waals surface area contributed by atoms with Gasteiger partial charge >= 0.3 is 0 Å². The Hall–Kier alpha value is -3.08. The molecule has 0 aliphatic rings. The van der Waals surface area contributed by atoms with E-state index in [2.05, 4.69) is 15.6 Å². The van der Waals surface area contributed by atoms with Gasteiger partial charge in [-0.05, 0) is 36.1 Å². The fourth-order valence-corrected chi connectivity index (χ4v) is 3.08. The Morgan fingerprint density at radius 2 is 1.81 bits per heavy atom. The highest BCUT2D eigenvalue weighted by molar-refractivity contribution is 5.96. The smallest absolute Gasteiger partial charge is 0.243 e. The maximum absolute atomic E-state index is 12.2. The largest absolute Gasteiger partial charge is 0.361 e. The van der Waals surface area contributed by atoms with Gasteiger partial charge in [0.1, 0.15) is 0 Å². The zero-order valence-corrected chi connectivity index (χ0v) is 15.1. The summed E-state index contributed by atoms with van der Waals surface area (Å²) in [6.07, 6.45) is 2.91. The van der Waals surface area contributed by atoms with Crippen molar-refractivity contribution in [3.8, 4) is 0 Å². The highest BCUT2D eigenvalue weighted by Gasteiger charge is 2.12. The molecule has 2 amide bonds. The van der Waals surface area contributed by atoms with Gasteiger partial charge in [-0.2, -0.15) is 0 Å². The Kier molecular flexibility index (Phi) is 5.37. The number of hydrogen-bond donors (Lipinski definition) is 3. The first-order valence-corrected chi connectivity index (χ1v) is 8.78. The standard InChI is InChI=1S/C21H23N3O2/c1-3-15-8-6-7-14(2)21(15)24-20(26)13-23-19(25)11-16-12-22-18-10-5-4-9-17(16)18/h4-10,12,22H,3,11,13H2,1-2H3,(H,23,25)(H,24,26). The number of rotatable bonds is 6. The number of carbonyl (C=O) groups excluding carboxylic acids is 2. The van der Waals surface area contributed by atoms with Crippen LogP contribution in [0, 0.1) is 6.92 Å². The first-order valence-electron chi connectivity index (χ1n) is 8.78. The second-order valence-corrected chi connectivity index (χ2v) is 6.32. The number of amides is 2. The molecule has 1 heterocycles. The summed E-state index contributed by atoms with van der Waals surface area (Å²) >= 11 is 0. The molecular weight excluding hydrogens is 326 g/mol. The minimum Gasteiger partial charge on any atom is -0.361 e. The van der Waals surface area contributed by atoms with Crippen molar-refractivity contribution < 1.29 is 9.59 Å². The summed E-state index contributed by atoms with van der Waals surface area (Å²) in [5.41, 5.74) is 4.86. The number of carbonyl (C=O) groups is 2. The normalized spacial score (nSPS) is 10.7. The van der Waals surface area contributed by atoms with Crippen LogP contribution in [0.5, 0.6) is 0 Å². The van der Waals surface area contributed by atoms with Gasteiger partial charge in [-0.15, -0.1) is 0 Å². The van der Waals surface area contributed by atoms with E-state index in [1.807, 2.05) is 62.5 Å². The van der Waals surface area contributed by atoms with Crippen LogP contribution in [-0.2, 0) is 22.4 Å². The lowest BCUT2D eigenvalue weighted by atomic mass is 10.1. The van der Waals surface area contributed by atoms with Gasteiger partial charge in [0.25, 0.3) is 0 Å². The number of para-hydroxylation sites is 2. The van der Waals surface area contributed by atoms with Gasteiger partial charge in [0, 0.05) is 22.8 Å². The molecule has 3 N–H and O–H groups in total. The molecule has 0 radical (unpaired) electrons. The Morgan fingerprint density at radius 3 is 2.62 bits per heavy atom. The van der Waals surface area contributed by atoms with E-state index in [4.69, 9.17) is 0 Å². The van der Waals surface area contributed by atoms with Crippen LogP contribution >= 0.6 is 0 Å². The van der Waals surface area contributed by atoms with E-state index in [1.54, 1.807) is 0 Å². The van der Waals surface area contributed by atoms with Crippen LogP contribution in [0.3, 0.4) is 0 Å². The monoisotopic (exact) mass is 349 g/mol. The molecule has 3 aromatic rings. The molecule has 26 heavy (non-hydrogen) atoms. The van der Waals surface area contributed by atoms with E-state index >= 15 is 0 Å². The highest BCUT2D eigenvalue weighted by atomic mass is 16.2. The SMILES string of the molecule is CCc1cccc(C)c1NC(=O)CNC(=O)Cc1c[nH]c2ccccc12. The van der Waals surface area contributed by atoms with Crippen molar-refractivity contribution in [3.05, 3.63) is 65.4 Å². The van der Waals surface area contributed by atoms with Gasteiger partial charge in [0.05, 0.1) is 13.0 Å². The van der Waals surface area contributed by atoms with Gasteiger partial charge in [-0.1, -0.05) is 43.3 Å². The molecule has 0 bridgehead atoms. The quantitative estimate of drug-likeness (QED) is 0.638. The number of fused-ring (bicyclic) bond motifs is 1. The minimum atomic E-state index is -0.221. The Bertz CT molecular complexity index is 943. The van der Waals surface area contributed by atoms with E-state index in [1.165, 1.54) is 0 Å². The van der Waals surface area contributed by atoms with Crippen molar-refractivity contribution >= 4 is 28.4 Å². The summed E-state index contributed by atoms with van der Waals surface area (Å²) in [6, 6.07) is 13.8. The summed E-state index contributed by atoms with van der Waals surface area (Å²) in [6.45, 7) is 3.97. The van der Waals surface area contributed by atoms with Crippen molar-refractivity contribution in [2.75, 3.05) is 11.9 Å². The van der Waals surface area contributed by atoms with E-state index in [0.717, 1.165) is 39.7 Å². The van der Waals surface area contributed by atoms with Crippen molar-refractivity contribution in [1.82, 2.24) is 10.3 Å². The predicted octanol–water partition coefficient (Wildman–Crippen LogP) is 3.34. The number of aromatic amines is 1. The number of H-pyrrole nitrogens is 1. The number of anilines is 1. The predicted molar refractivity (Wildman–Crippen MR) is 104 cm³/mol. The molecule has 0 aliphatic carbocycles. The van der Waals surface area contributed by atoms with Gasteiger partial charge in [0.2, 0.25) is 11.8 Å². The maximum Gasteiger partial charge on any atom is 0.243 e. The molecule has 0 fully saturated rings. The minimum absolute atomic E-state index is 0.0430. The van der Waals surface area contributed by atoms with Crippen LogP contribution in [0.15, 0.2) is 48.7 Å². The van der Waals surface area contributed by atoms with Crippen LogP contribution in [0.1, 0.15) is 23.6 Å². The van der Waals surface area contributed by atoms with Crippen molar-refractivity contribution in [3.63, 3.8) is 0 Å². The van der Waals surface area contributed by atoms with Gasteiger partial charge in [-0.25, -0.2) is 0 Å². The summed E-state index contributed by atoms with van der Waals surface area (Å²) in [5, 5.41) is 6.64. The molecule has 134 valence electrons. The number of hydrogen-bond acceptors (Lipinski definition) is 2. The number of aromatic nitrogens is 1. The second kappa shape index (κ2) is 7.87. The third-order valence-electron chi connectivity index (χ3n) is 4.48. The van der Waals surface area contributed by atoms with Gasteiger partial charge < -0.3 is 15.6 Å². The third-order valence-corrected chi connectivity index (χ3v) is 4.48. The van der Waals surface area contributed by atoms with Crippen LogP contribution in [0.25, 0.3) is 10.9 Å². The Morgan fingerprint density at radius 1 is 1.00 bits per heavy atom. The lowest BCUT2D eigenvalue weighted by Gasteiger charge is -2.13. The highest BCUT2D eigenvalue weighted by Crippen LogP contribution is 2.21. The molecule has 1 aromatic heterocycles. The number of benzene rings is 2. The molecule has 0 aliphatic heterocycles. The van der Waals surface area contributed by atoms with Gasteiger partial charge in [0.15, 0.2) is 0 Å². The van der Waals surface area contributed by atoms with Crippen molar-refractivity contribution in [1.29, 1.82) is 0 Å². The number of aryl methyl sites for hydroxylation is 2. The first-order chi connectivity index (χ1) is 12.6. The molecular formula is C21H23N3O2. The van der Waals surface area contributed by atoms with Crippen molar-refractivity contribution in [2.45, 2.75) is 26.7 Å². The summed E-state index contributed by atoms with van der Waals surface area (Å²) in [4.78, 5) is 27.6. The molecule has 2 aromatic carbocycles.